The van der Waals surface area contributed by atoms with Gasteiger partial charge in [-0.25, -0.2) is 0 Å². The van der Waals surface area contributed by atoms with Crippen LogP contribution in [0.4, 0.5) is 0 Å². The normalized spacial score (nSPS) is 15.2. The van der Waals surface area contributed by atoms with Crippen LogP contribution in [0.5, 0.6) is 0 Å². The molecule has 6 heteroatoms. The number of thiophene rings is 1. The van der Waals surface area contributed by atoms with E-state index < -0.39 is 0 Å². The Bertz CT molecular complexity index is 721. The summed E-state index contributed by atoms with van der Waals surface area (Å²) in [5, 5.41) is 3.04. The van der Waals surface area contributed by atoms with E-state index in [1.165, 1.54) is 9.75 Å². The van der Waals surface area contributed by atoms with Crippen LogP contribution in [0.3, 0.4) is 0 Å². The molecule has 3 heterocycles. The SMILES string of the molecule is Cc1ccc(CCNC(=O)C2CCN(C(=O)c3ccncc3)CC2)s1. The summed E-state index contributed by atoms with van der Waals surface area (Å²) in [6.45, 7) is 4.02. The molecule has 25 heavy (non-hydrogen) atoms. The quantitative estimate of drug-likeness (QED) is 0.895. The molecular formula is C19H23N3O2S. The third kappa shape index (κ3) is 4.66. The van der Waals surface area contributed by atoms with Gasteiger partial charge in [-0.1, -0.05) is 0 Å². The number of amides is 2. The average molecular weight is 357 g/mol. The summed E-state index contributed by atoms with van der Waals surface area (Å²) in [6, 6.07) is 7.69. The average Bonchev–Trinajstić information content (AvgIpc) is 3.07. The number of aromatic nitrogens is 1. The first-order valence-corrected chi connectivity index (χ1v) is 9.47. The minimum Gasteiger partial charge on any atom is -0.355 e. The van der Waals surface area contributed by atoms with E-state index in [4.69, 9.17) is 0 Å². The molecule has 1 saturated heterocycles. The summed E-state index contributed by atoms with van der Waals surface area (Å²) in [7, 11) is 0. The lowest BCUT2D eigenvalue weighted by molar-refractivity contribution is -0.126. The lowest BCUT2D eigenvalue weighted by Gasteiger charge is -2.31. The summed E-state index contributed by atoms with van der Waals surface area (Å²) in [6.07, 6.45) is 5.58. The number of carbonyl (C=O) groups excluding carboxylic acids is 2. The number of hydrogen-bond donors (Lipinski definition) is 1. The molecule has 2 aromatic rings. The Labute approximate surface area is 152 Å². The Balaban J connectivity index is 1.42. The van der Waals surface area contributed by atoms with Gasteiger partial charge >= 0.3 is 0 Å². The zero-order chi connectivity index (χ0) is 17.6. The van der Waals surface area contributed by atoms with Crippen LogP contribution in [-0.2, 0) is 11.2 Å². The second-order valence-electron chi connectivity index (χ2n) is 6.36. The standard InChI is InChI=1S/C19H23N3O2S/c1-14-2-3-17(25-14)6-11-21-18(23)15-7-12-22(13-8-15)19(24)16-4-9-20-10-5-16/h2-5,9-10,15H,6-8,11-13H2,1H3,(H,21,23). The first-order valence-electron chi connectivity index (χ1n) is 8.66. The highest BCUT2D eigenvalue weighted by Gasteiger charge is 2.27. The summed E-state index contributed by atoms with van der Waals surface area (Å²) < 4.78 is 0. The third-order valence-corrected chi connectivity index (χ3v) is 5.61. The van der Waals surface area contributed by atoms with Crippen molar-refractivity contribution in [2.75, 3.05) is 19.6 Å². The molecule has 2 aromatic heterocycles. The molecule has 3 rings (SSSR count). The lowest BCUT2D eigenvalue weighted by atomic mass is 9.95. The van der Waals surface area contributed by atoms with Crippen molar-refractivity contribution in [2.24, 2.45) is 5.92 Å². The largest absolute Gasteiger partial charge is 0.355 e. The first-order chi connectivity index (χ1) is 12.1. The zero-order valence-corrected chi connectivity index (χ0v) is 15.2. The molecule has 132 valence electrons. The van der Waals surface area contributed by atoms with Gasteiger partial charge in [0.25, 0.3) is 5.91 Å². The topological polar surface area (TPSA) is 62.3 Å². The molecule has 0 atom stereocenters. The molecule has 0 saturated carbocycles. The maximum absolute atomic E-state index is 12.4. The predicted molar refractivity (Wildman–Crippen MR) is 98.6 cm³/mol. The second kappa shape index (κ2) is 8.25. The van der Waals surface area contributed by atoms with Gasteiger partial charge < -0.3 is 10.2 Å². The highest BCUT2D eigenvalue weighted by atomic mass is 32.1. The van der Waals surface area contributed by atoms with Crippen LogP contribution in [0.2, 0.25) is 0 Å². The van der Waals surface area contributed by atoms with Gasteiger partial charge in [0.15, 0.2) is 0 Å². The predicted octanol–water partition coefficient (Wildman–Crippen LogP) is 2.66. The van der Waals surface area contributed by atoms with Crippen LogP contribution >= 0.6 is 11.3 Å². The van der Waals surface area contributed by atoms with E-state index in [0.717, 1.165) is 19.3 Å². The molecule has 0 aliphatic carbocycles. The van der Waals surface area contributed by atoms with Crippen LogP contribution in [0.1, 0.15) is 33.0 Å². The highest BCUT2D eigenvalue weighted by molar-refractivity contribution is 7.11. The van der Waals surface area contributed by atoms with E-state index in [0.29, 0.717) is 25.2 Å². The zero-order valence-electron chi connectivity index (χ0n) is 14.4. The summed E-state index contributed by atoms with van der Waals surface area (Å²) >= 11 is 1.78. The van der Waals surface area contributed by atoms with Crippen molar-refractivity contribution in [1.82, 2.24) is 15.2 Å². The molecule has 2 amide bonds. The second-order valence-corrected chi connectivity index (χ2v) is 7.73. The summed E-state index contributed by atoms with van der Waals surface area (Å²) in [4.78, 5) is 33.1. The number of nitrogens with zero attached hydrogens (tertiary/aromatic N) is 2. The van der Waals surface area contributed by atoms with Crippen molar-refractivity contribution in [2.45, 2.75) is 26.2 Å². The lowest BCUT2D eigenvalue weighted by Crippen LogP contribution is -2.43. The molecule has 0 spiro atoms. The Hall–Kier alpha value is -2.21. The van der Waals surface area contributed by atoms with Crippen LogP contribution in [0, 0.1) is 12.8 Å². The van der Waals surface area contributed by atoms with E-state index in [1.54, 1.807) is 35.9 Å². The molecule has 0 radical (unpaired) electrons. The molecule has 1 aliphatic rings. The van der Waals surface area contributed by atoms with E-state index in [-0.39, 0.29) is 17.7 Å². The summed E-state index contributed by atoms with van der Waals surface area (Å²) in [5.74, 6) is 0.144. The molecule has 1 N–H and O–H groups in total. The summed E-state index contributed by atoms with van der Waals surface area (Å²) in [5.41, 5.74) is 0.657. The van der Waals surface area contributed by atoms with Crippen LogP contribution in [0.25, 0.3) is 0 Å². The monoisotopic (exact) mass is 357 g/mol. The molecule has 0 unspecified atom stereocenters. The minimum atomic E-state index is 0.00608. The first kappa shape index (κ1) is 17.6. The fraction of sp³-hybridized carbons (Fsp3) is 0.421. The Morgan fingerprint density at radius 2 is 1.92 bits per heavy atom. The fourth-order valence-corrected chi connectivity index (χ4v) is 3.98. The van der Waals surface area contributed by atoms with Gasteiger partial charge in [-0.05, 0) is 50.5 Å². The van der Waals surface area contributed by atoms with Gasteiger partial charge in [-0.15, -0.1) is 11.3 Å². The molecule has 5 nitrogen and oxygen atoms in total. The van der Waals surface area contributed by atoms with Gasteiger partial charge in [-0.3, -0.25) is 14.6 Å². The number of pyridine rings is 1. The van der Waals surface area contributed by atoms with Crippen LogP contribution in [-0.4, -0.2) is 41.3 Å². The fourth-order valence-electron chi connectivity index (χ4n) is 3.09. The Morgan fingerprint density at radius 3 is 2.56 bits per heavy atom. The number of aryl methyl sites for hydroxylation is 1. The van der Waals surface area contributed by atoms with Crippen molar-refractivity contribution < 1.29 is 9.59 Å². The maximum atomic E-state index is 12.4. The molecule has 0 aromatic carbocycles. The highest BCUT2D eigenvalue weighted by Crippen LogP contribution is 2.19. The van der Waals surface area contributed by atoms with Crippen molar-refractivity contribution in [3.8, 4) is 0 Å². The molecule has 0 bridgehead atoms. The number of carbonyl (C=O) groups is 2. The van der Waals surface area contributed by atoms with E-state index >= 15 is 0 Å². The van der Waals surface area contributed by atoms with Crippen LogP contribution in [0.15, 0.2) is 36.7 Å². The van der Waals surface area contributed by atoms with Crippen molar-refractivity contribution in [3.05, 3.63) is 52.0 Å². The number of likely N-dealkylation sites (tertiary alicyclic amines) is 1. The van der Waals surface area contributed by atoms with Crippen molar-refractivity contribution in [1.29, 1.82) is 0 Å². The number of piperidine rings is 1. The maximum Gasteiger partial charge on any atom is 0.253 e. The smallest absolute Gasteiger partial charge is 0.253 e. The van der Waals surface area contributed by atoms with Gasteiger partial charge in [0, 0.05) is 53.3 Å². The van der Waals surface area contributed by atoms with Gasteiger partial charge in [0.05, 0.1) is 0 Å². The van der Waals surface area contributed by atoms with Gasteiger partial charge in [0.2, 0.25) is 5.91 Å². The number of rotatable bonds is 5. The van der Waals surface area contributed by atoms with E-state index in [1.807, 2.05) is 4.90 Å². The van der Waals surface area contributed by atoms with Gasteiger partial charge in [-0.2, -0.15) is 0 Å². The number of nitrogens with one attached hydrogen (secondary N) is 1. The molecule has 1 aliphatic heterocycles. The Morgan fingerprint density at radius 1 is 1.20 bits per heavy atom. The minimum absolute atomic E-state index is 0.00608. The molecule has 1 fully saturated rings. The third-order valence-electron chi connectivity index (χ3n) is 4.55. The van der Waals surface area contributed by atoms with Gasteiger partial charge in [0.1, 0.15) is 0 Å². The number of hydrogen-bond acceptors (Lipinski definition) is 4. The van der Waals surface area contributed by atoms with E-state index in [2.05, 4.69) is 29.4 Å². The van der Waals surface area contributed by atoms with E-state index in [9.17, 15) is 9.59 Å². The Kier molecular flexibility index (Phi) is 5.81. The van der Waals surface area contributed by atoms with Crippen LogP contribution < -0.4 is 5.32 Å². The molecular weight excluding hydrogens is 334 g/mol. The van der Waals surface area contributed by atoms with Crippen molar-refractivity contribution in [3.63, 3.8) is 0 Å². The van der Waals surface area contributed by atoms with Crippen molar-refractivity contribution >= 4 is 23.2 Å².